The van der Waals surface area contributed by atoms with E-state index < -0.39 is 12.0 Å². The van der Waals surface area contributed by atoms with Crippen molar-refractivity contribution in [2.24, 2.45) is 5.92 Å². The van der Waals surface area contributed by atoms with Gasteiger partial charge in [-0.1, -0.05) is 61.0 Å². The molecule has 2 atom stereocenters. The first-order valence-electron chi connectivity index (χ1n) is 13.8. The van der Waals surface area contributed by atoms with E-state index in [0.717, 1.165) is 23.1 Å². The Labute approximate surface area is 235 Å². The number of amides is 2. The zero-order valence-electron chi connectivity index (χ0n) is 23.4. The minimum Gasteiger partial charge on any atom is -0.447 e. The predicted octanol–water partition coefficient (Wildman–Crippen LogP) is 7.03. The number of hydrogen-bond acceptors (Lipinski definition) is 4. The van der Waals surface area contributed by atoms with E-state index in [2.05, 4.69) is 0 Å². The molecule has 0 aromatic heterocycles. The summed E-state index contributed by atoms with van der Waals surface area (Å²) in [5.74, 6) is -1.20. The van der Waals surface area contributed by atoms with Crippen LogP contribution in [0.25, 0.3) is 0 Å². The second-order valence-electron chi connectivity index (χ2n) is 10.7. The molecule has 0 unspecified atom stereocenters. The SMILES string of the molecule is Cc1cc(COCCCC[C@@H](Cc2cc(C)c(F)c(C)c2)C(=O)N2C(=O)OC[C@H]2Cc2ccccc2)ccc1F. The molecular weight excluding hydrogens is 512 g/mol. The number of imide groups is 1. The van der Waals surface area contributed by atoms with Crippen molar-refractivity contribution < 1.29 is 27.8 Å². The Kier molecular flexibility index (Phi) is 10.0. The molecular formula is C33H37F2NO4. The fourth-order valence-corrected chi connectivity index (χ4v) is 5.30. The van der Waals surface area contributed by atoms with Crippen molar-refractivity contribution in [1.82, 2.24) is 4.90 Å². The molecule has 212 valence electrons. The zero-order chi connectivity index (χ0) is 28.6. The molecule has 3 aromatic carbocycles. The highest BCUT2D eigenvalue weighted by molar-refractivity contribution is 5.95. The lowest BCUT2D eigenvalue weighted by molar-refractivity contribution is -0.133. The van der Waals surface area contributed by atoms with Crippen molar-refractivity contribution in [3.63, 3.8) is 0 Å². The Hall–Kier alpha value is -3.58. The van der Waals surface area contributed by atoms with Crippen LogP contribution in [-0.2, 0) is 33.7 Å². The van der Waals surface area contributed by atoms with Gasteiger partial charge in [0.15, 0.2) is 0 Å². The minimum absolute atomic E-state index is 0.164. The number of nitrogens with zero attached hydrogens (tertiary/aromatic N) is 1. The number of unbranched alkanes of at least 4 members (excludes halogenated alkanes) is 1. The summed E-state index contributed by atoms with van der Waals surface area (Å²) < 4.78 is 38.9. The maximum atomic E-state index is 14.3. The van der Waals surface area contributed by atoms with Gasteiger partial charge >= 0.3 is 6.09 Å². The van der Waals surface area contributed by atoms with Crippen molar-refractivity contribution in [2.45, 2.75) is 65.5 Å². The Bertz CT molecular complexity index is 1300. The average Bonchev–Trinajstić information content (AvgIpc) is 3.30. The summed E-state index contributed by atoms with van der Waals surface area (Å²) in [7, 11) is 0. The van der Waals surface area contributed by atoms with E-state index in [0.29, 0.717) is 55.6 Å². The molecule has 0 bridgehead atoms. The summed E-state index contributed by atoms with van der Waals surface area (Å²) in [6, 6.07) is 17.8. The fraction of sp³-hybridized carbons (Fsp3) is 0.394. The number of rotatable bonds is 12. The van der Waals surface area contributed by atoms with Crippen LogP contribution in [0.1, 0.15) is 52.6 Å². The number of hydrogen-bond donors (Lipinski definition) is 0. The predicted molar refractivity (Wildman–Crippen MR) is 150 cm³/mol. The number of carbonyl (C=O) groups excluding carboxylic acids is 2. The van der Waals surface area contributed by atoms with E-state index in [9.17, 15) is 18.4 Å². The third-order valence-corrected chi connectivity index (χ3v) is 7.42. The van der Waals surface area contributed by atoms with Gasteiger partial charge in [-0.3, -0.25) is 4.79 Å². The average molecular weight is 550 g/mol. The smallest absolute Gasteiger partial charge is 0.416 e. The maximum absolute atomic E-state index is 14.3. The Balaban J connectivity index is 1.41. The van der Waals surface area contributed by atoms with Crippen LogP contribution >= 0.6 is 0 Å². The first-order chi connectivity index (χ1) is 19.2. The molecule has 1 fully saturated rings. The highest BCUT2D eigenvalue weighted by Gasteiger charge is 2.40. The van der Waals surface area contributed by atoms with Crippen molar-refractivity contribution in [3.05, 3.63) is 106 Å². The Morgan fingerprint density at radius 3 is 2.35 bits per heavy atom. The zero-order valence-corrected chi connectivity index (χ0v) is 23.4. The van der Waals surface area contributed by atoms with E-state index in [-0.39, 0.29) is 30.2 Å². The van der Waals surface area contributed by atoms with Gasteiger partial charge in [0.1, 0.15) is 18.2 Å². The van der Waals surface area contributed by atoms with Crippen LogP contribution in [0.2, 0.25) is 0 Å². The summed E-state index contributed by atoms with van der Waals surface area (Å²) >= 11 is 0. The van der Waals surface area contributed by atoms with Crippen molar-refractivity contribution >= 4 is 12.0 Å². The second-order valence-corrected chi connectivity index (χ2v) is 10.7. The molecule has 1 saturated heterocycles. The lowest BCUT2D eigenvalue weighted by Gasteiger charge is -2.25. The van der Waals surface area contributed by atoms with Gasteiger partial charge in [-0.05, 0) is 85.9 Å². The van der Waals surface area contributed by atoms with Crippen molar-refractivity contribution in [3.8, 4) is 0 Å². The van der Waals surface area contributed by atoms with Gasteiger partial charge in [0.05, 0.1) is 12.6 Å². The minimum atomic E-state index is -0.611. The number of cyclic esters (lactones) is 1. The fourth-order valence-electron chi connectivity index (χ4n) is 5.30. The van der Waals surface area contributed by atoms with Crippen LogP contribution in [0, 0.1) is 38.3 Å². The van der Waals surface area contributed by atoms with Crippen molar-refractivity contribution in [2.75, 3.05) is 13.2 Å². The first-order valence-corrected chi connectivity index (χ1v) is 13.8. The molecule has 1 aliphatic rings. The number of carbonyl (C=O) groups is 2. The summed E-state index contributed by atoms with van der Waals surface area (Å²) in [5.41, 5.74) is 4.45. The normalized spacial score (nSPS) is 15.8. The molecule has 1 aliphatic heterocycles. The van der Waals surface area contributed by atoms with Gasteiger partial charge in [0, 0.05) is 12.5 Å². The summed E-state index contributed by atoms with van der Waals surface area (Å²) in [4.78, 5) is 27.8. The lowest BCUT2D eigenvalue weighted by Crippen LogP contribution is -2.44. The molecule has 40 heavy (non-hydrogen) atoms. The third-order valence-electron chi connectivity index (χ3n) is 7.42. The highest BCUT2D eigenvalue weighted by Crippen LogP contribution is 2.26. The van der Waals surface area contributed by atoms with Gasteiger partial charge < -0.3 is 9.47 Å². The standard InChI is InChI=1S/C33H37F2NO4/c1-22-15-26(12-13-30(22)34)20-39-14-8-7-11-28(18-27-16-23(2)31(35)24(3)17-27)32(37)36-29(21-40-33(36)38)19-25-9-5-4-6-10-25/h4-6,9-10,12-13,15-17,28-29H,7-8,11,14,18-21H2,1-3H3/t28-,29+/m0/s1. The molecule has 2 amide bonds. The number of halogens is 2. The lowest BCUT2D eigenvalue weighted by atomic mass is 9.90. The van der Waals surface area contributed by atoms with Gasteiger partial charge in [-0.25, -0.2) is 18.5 Å². The molecule has 0 aliphatic carbocycles. The highest BCUT2D eigenvalue weighted by atomic mass is 19.1. The molecule has 1 heterocycles. The Morgan fingerprint density at radius 2 is 1.65 bits per heavy atom. The molecule has 3 aromatic rings. The maximum Gasteiger partial charge on any atom is 0.416 e. The molecule has 0 N–H and O–H groups in total. The van der Waals surface area contributed by atoms with Gasteiger partial charge in [0.25, 0.3) is 0 Å². The molecule has 0 spiro atoms. The third kappa shape index (κ3) is 7.54. The van der Waals surface area contributed by atoms with Crippen LogP contribution in [0.3, 0.4) is 0 Å². The molecule has 7 heteroatoms. The topological polar surface area (TPSA) is 55.8 Å². The van der Waals surface area contributed by atoms with Crippen LogP contribution in [0.15, 0.2) is 60.7 Å². The van der Waals surface area contributed by atoms with E-state index in [1.54, 1.807) is 45.0 Å². The van der Waals surface area contributed by atoms with E-state index >= 15 is 0 Å². The molecule has 0 radical (unpaired) electrons. The molecule has 0 saturated carbocycles. The first kappa shape index (κ1) is 29.4. The number of benzene rings is 3. The van der Waals surface area contributed by atoms with E-state index in [4.69, 9.17) is 9.47 Å². The quantitative estimate of drug-likeness (QED) is 0.228. The van der Waals surface area contributed by atoms with Crippen LogP contribution in [0.4, 0.5) is 13.6 Å². The van der Waals surface area contributed by atoms with Crippen LogP contribution in [-0.4, -0.2) is 36.2 Å². The number of ether oxygens (including phenoxy) is 2. The monoisotopic (exact) mass is 549 g/mol. The molecule has 4 rings (SSSR count). The van der Waals surface area contributed by atoms with Gasteiger partial charge in [0.2, 0.25) is 5.91 Å². The Morgan fingerprint density at radius 1 is 0.950 bits per heavy atom. The summed E-state index contributed by atoms with van der Waals surface area (Å²) in [6.45, 7) is 6.21. The van der Waals surface area contributed by atoms with Gasteiger partial charge in [-0.2, -0.15) is 0 Å². The van der Waals surface area contributed by atoms with Gasteiger partial charge in [-0.15, -0.1) is 0 Å². The van der Waals surface area contributed by atoms with E-state index in [1.165, 1.54) is 11.0 Å². The van der Waals surface area contributed by atoms with Crippen LogP contribution in [0.5, 0.6) is 0 Å². The molecule has 5 nitrogen and oxygen atoms in total. The van der Waals surface area contributed by atoms with E-state index in [1.807, 2.05) is 30.3 Å². The number of aryl methyl sites for hydroxylation is 3. The van der Waals surface area contributed by atoms with Crippen LogP contribution < -0.4 is 0 Å². The largest absolute Gasteiger partial charge is 0.447 e. The summed E-state index contributed by atoms with van der Waals surface area (Å²) in [5, 5.41) is 0. The second kappa shape index (κ2) is 13.7. The summed E-state index contributed by atoms with van der Waals surface area (Å²) in [6.07, 6.45) is 2.30. The van der Waals surface area contributed by atoms with Crippen molar-refractivity contribution in [1.29, 1.82) is 0 Å².